The van der Waals surface area contributed by atoms with Crippen LogP contribution in [-0.2, 0) is 17.0 Å². The highest BCUT2D eigenvalue weighted by molar-refractivity contribution is 7.85. The Labute approximate surface area is 173 Å². The van der Waals surface area contributed by atoms with Gasteiger partial charge in [-0.3, -0.25) is 14.2 Å². The standard InChI is InChI=1S/C16H11Cl2F6N3OS/c1-25-14(8-2-3-13(26-6-8)16(22,23)24)27-11-5-12(10(18)4-9(11)17)29(28)7-15(19,20)21/h2-6H,7H2,1H3,(H,25,27). The van der Waals surface area contributed by atoms with E-state index in [1.807, 2.05) is 0 Å². The largest absolute Gasteiger partial charge is 0.433 e. The van der Waals surface area contributed by atoms with Gasteiger partial charge < -0.3 is 5.32 Å². The average molecular weight is 478 g/mol. The maximum absolute atomic E-state index is 12.6. The van der Waals surface area contributed by atoms with Crippen LogP contribution in [0.3, 0.4) is 0 Å². The third-order valence-corrected chi connectivity index (χ3v) is 5.52. The Balaban J connectivity index is 2.34. The molecule has 0 spiro atoms. The molecule has 0 fully saturated rings. The average Bonchev–Trinajstić information content (AvgIpc) is 2.59. The molecule has 13 heteroatoms. The highest BCUT2D eigenvalue weighted by Crippen LogP contribution is 2.33. The summed E-state index contributed by atoms with van der Waals surface area (Å²) < 4.78 is 87.4. The molecule has 0 aliphatic rings. The molecule has 1 atom stereocenters. The van der Waals surface area contributed by atoms with Gasteiger partial charge in [0, 0.05) is 18.8 Å². The van der Waals surface area contributed by atoms with E-state index >= 15 is 0 Å². The fourth-order valence-electron chi connectivity index (χ4n) is 2.11. The number of aromatic nitrogens is 1. The number of benzene rings is 1. The van der Waals surface area contributed by atoms with E-state index in [4.69, 9.17) is 23.2 Å². The van der Waals surface area contributed by atoms with Gasteiger partial charge in [0.25, 0.3) is 0 Å². The third-order valence-electron chi connectivity index (χ3n) is 3.37. The van der Waals surface area contributed by atoms with Crippen molar-refractivity contribution in [2.75, 3.05) is 18.1 Å². The van der Waals surface area contributed by atoms with Crippen molar-refractivity contribution in [3.63, 3.8) is 0 Å². The van der Waals surface area contributed by atoms with Crippen LogP contribution in [0.1, 0.15) is 11.3 Å². The summed E-state index contributed by atoms with van der Waals surface area (Å²) in [6.07, 6.45) is -8.37. The lowest BCUT2D eigenvalue weighted by Crippen LogP contribution is -2.19. The number of nitrogens with one attached hydrogen (secondary N) is 1. The molecule has 2 rings (SSSR count). The highest BCUT2D eigenvalue weighted by atomic mass is 35.5. The minimum atomic E-state index is -4.68. The lowest BCUT2D eigenvalue weighted by molar-refractivity contribution is -0.141. The van der Waals surface area contributed by atoms with Gasteiger partial charge in [-0.2, -0.15) is 26.3 Å². The summed E-state index contributed by atoms with van der Waals surface area (Å²) in [5.41, 5.74) is -0.933. The van der Waals surface area contributed by atoms with Crippen molar-refractivity contribution < 1.29 is 30.6 Å². The number of aliphatic imine (C=N–C) groups is 1. The molecule has 0 radical (unpaired) electrons. The second kappa shape index (κ2) is 8.88. The van der Waals surface area contributed by atoms with E-state index < -0.39 is 34.6 Å². The first kappa shape index (κ1) is 23.4. The van der Waals surface area contributed by atoms with Crippen LogP contribution in [0.2, 0.25) is 10.0 Å². The van der Waals surface area contributed by atoms with E-state index in [1.165, 1.54) is 7.05 Å². The number of halogens is 8. The van der Waals surface area contributed by atoms with Gasteiger partial charge >= 0.3 is 12.4 Å². The zero-order valence-electron chi connectivity index (χ0n) is 14.3. The first-order chi connectivity index (χ1) is 13.3. The molecular weight excluding hydrogens is 467 g/mol. The summed E-state index contributed by atoms with van der Waals surface area (Å²) in [5.74, 6) is -1.58. The first-order valence-corrected chi connectivity index (χ1v) is 9.61. The van der Waals surface area contributed by atoms with Crippen molar-refractivity contribution >= 4 is 45.5 Å². The zero-order chi connectivity index (χ0) is 22.0. The van der Waals surface area contributed by atoms with Crippen molar-refractivity contribution in [1.29, 1.82) is 0 Å². The van der Waals surface area contributed by atoms with Crippen molar-refractivity contribution in [3.8, 4) is 0 Å². The van der Waals surface area contributed by atoms with Crippen LogP contribution in [0.4, 0.5) is 32.0 Å². The molecule has 1 unspecified atom stereocenters. The molecule has 0 bridgehead atoms. The van der Waals surface area contributed by atoms with E-state index in [0.717, 1.165) is 30.5 Å². The Morgan fingerprint density at radius 1 is 1.14 bits per heavy atom. The van der Waals surface area contributed by atoms with Gasteiger partial charge in [0.15, 0.2) is 0 Å². The Morgan fingerprint density at radius 3 is 2.28 bits per heavy atom. The minimum Gasteiger partial charge on any atom is -0.339 e. The van der Waals surface area contributed by atoms with Gasteiger partial charge in [-0.05, 0) is 24.3 Å². The van der Waals surface area contributed by atoms with Crippen LogP contribution in [0, 0.1) is 0 Å². The van der Waals surface area contributed by atoms with Crippen LogP contribution in [0.5, 0.6) is 0 Å². The summed E-state index contributed by atoms with van der Waals surface area (Å²) >= 11 is 11.9. The number of alkyl halides is 6. The quantitative estimate of drug-likeness (QED) is 0.356. The predicted molar refractivity (Wildman–Crippen MR) is 99.1 cm³/mol. The summed E-state index contributed by atoms with van der Waals surface area (Å²) in [4.78, 5) is 6.88. The highest BCUT2D eigenvalue weighted by Gasteiger charge is 2.33. The van der Waals surface area contributed by atoms with Crippen molar-refractivity contribution in [2.24, 2.45) is 4.99 Å². The Morgan fingerprint density at radius 2 is 1.79 bits per heavy atom. The Kier molecular flexibility index (Phi) is 7.18. The van der Waals surface area contributed by atoms with Gasteiger partial charge in [-0.25, -0.2) is 0 Å². The molecule has 1 N–H and O–H groups in total. The van der Waals surface area contributed by atoms with Gasteiger partial charge in [0.05, 0.1) is 31.4 Å². The first-order valence-electron chi connectivity index (χ1n) is 7.53. The van der Waals surface area contributed by atoms with Crippen LogP contribution in [0.15, 0.2) is 40.4 Å². The van der Waals surface area contributed by atoms with E-state index in [9.17, 15) is 30.6 Å². The number of pyridine rings is 1. The zero-order valence-corrected chi connectivity index (χ0v) is 16.7. The molecule has 1 heterocycles. The van der Waals surface area contributed by atoms with Crippen molar-refractivity contribution in [1.82, 2.24) is 4.98 Å². The topological polar surface area (TPSA) is 54.4 Å². The molecule has 2 aromatic rings. The number of rotatable bonds is 4. The number of anilines is 1. The number of amidine groups is 1. The predicted octanol–water partition coefficient (Wildman–Crippen LogP) is 5.57. The number of nitrogens with zero attached hydrogens (tertiary/aromatic N) is 2. The molecule has 158 valence electrons. The number of hydrogen-bond acceptors (Lipinski definition) is 3. The van der Waals surface area contributed by atoms with E-state index in [2.05, 4.69) is 15.3 Å². The van der Waals surface area contributed by atoms with E-state index in [0.29, 0.717) is 0 Å². The van der Waals surface area contributed by atoms with Gasteiger partial charge in [-0.15, -0.1) is 0 Å². The molecule has 29 heavy (non-hydrogen) atoms. The van der Waals surface area contributed by atoms with Gasteiger partial charge in [0.1, 0.15) is 17.3 Å². The maximum Gasteiger partial charge on any atom is 0.433 e. The maximum atomic E-state index is 12.6. The second-order valence-corrected chi connectivity index (χ2v) is 7.73. The molecular formula is C16H11Cl2F6N3OS. The van der Waals surface area contributed by atoms with Crippen molar-refractivity contribution in [3.05, 3.63) is 51.8 Å². The fraction of sp³-hybridized carbons (Fsp3) is 0.250. The fourth-order valence-corrected chi connectivity index (χ4v) is 3.78. The molecule has 0 amide bonds. The minimum absolute atomic E-state index is 0.0158. The van der Waals surface area contributed by atoms with Crippen molar-refractivity contribution in [2.45, 2.75) is 17.2 Å². The van der Waals surface area contributed by atoms with Crippen LogP contribution >= 0.6 is 23.2 Å². The lowest BCUT2D eigenvalue weighted by atomic mass is 10.2. The molecule has 0 aliphatic heterocycles. The normalized spacial score (nSPS) is 14.0. The molecule has 1 aromatic heterocycles. The summed E-state index contributed by atoms with van der Waals surface area (Å²) in [7, 11) is -1.16. The van der Waals surface area contributed by atoms with Gasteiger partial charge in [0.2, 0.25) is 0 Å². The molecule has 0 saturated heterocycles. The molecule has 0 aliphatic carbocycles. The van der Waals surface area contributed by atoms with Crippen LogP contribution in [0.25, 0.3) is 0 Å². The Bertz CT molecular complexity index is 945. The molecule has 1 aromatic carbocycles. The van der Waals surface area contributed by atoms with Crippen LogP contribution in [-0.4, -0.2) is 34.0 Å². The number of hydrogen-bond donors (Lipinski definition) is 1. The summed E-state index contributed by atoms with van der Waals surface area (Å²) in [5, 5.41) is 2.43. The van der Waals surface area contributed by atoms with E-state index in [-0.39, 0.29) is 32.0 Å². The second-order valence-electron chi connectivity index (χ2n) is 5.49. The van der Waals surface area contributed by atoms with Crippen LogP contribution < -0.4 is 5.32 Å². The monoisotopic (exact) mass is 477 g/mol. The SMILES string of the molecule is CN=C(Nc1cc(S(=O)CC(F)(F)F)c(Cl)cc1Cl)c1ccc(C(F)(F)F)nc1. The van der Waals surface area contributed by atoms with E-state index in [1.54, 1.807) is 0 Å². The molecule has 0 saturated carbocycles. The smallest absolute Gasteiger partial charge is 0.339 e. The molecule has 4 nitrogen and oxygen atoms in total. The summed E-state index contributed by atoms with van der Waals surface area (Å²) in [6.45, 7) is 0. The van der Waals surface area contributed by atoms with Gasteiger partial charge in [-0.1, -0.05) is 23.2 Å². The third kappa shape index (κ3) is 6.31. The lowest BCUT2D eigenvalue weighted by Gasteiger charge is -2.15. The Hall–Kier alpha value is -1.85. The summed E-state index contributed by atoms with van der Waals surface area (Å²) in [6, 6.07) is 4.02.